The molecule has 8 nitrogen and oxygen atoms in total. The van der Waals surface area contributed by atoms with Crippen molar-refractivity contribution >= 4 is 21.6 Å². The molecular formula is C11H13N3O5S. The number of sulfonamides is 1. The minimum Gasteiger partial charge on any atom is -0.355 e. The van der Waals surface area contributed by atoms with E-state index in [-0.39, 0.29) is 42.5 Å². The summed E-state index contributed by atoms with van der Waals surface area (Å²) in [5, 5.41) is 13.3. The Morgan fingerprint density at radius 3 is 2.75 bits per heavy atom. The molecule has 1 fully saturated rings. The number of nitrogens with one attached hydrogen (secondary N) is 1. The molecule has 1 aromatic carbocycles. The monoisotopic (exact) mass is 299 g/mol. The molecular weight excluding hydrogens is 286 g/mol. The van der Waals surface area contributed by atoms with Gasteiger partial charge in [-0.25, -0.2) is 8.42 Å². The summed E-state index contributed by atoms with van der Waals surface area (Å²) in [5.74, 6) is -0.207. The maximum absolute atomic E-state index is 12.4. The fourth-order valence-electron chi connectivity index (χ4n) is 1.89. The van der Waals surface area contributed by atoms with Crippen LogP contribution in [0.15, 0.2) is 29.2 Å². The molecule has 0 unspecified atom stereocenters. The quantitative estimate of drug-likeness (QED) is 0.629. The molecule has 1 aromatic rings. The Hall–Kier alpha value is -2.00. The molecule has 0 radical (unpaired) electrons. The van der Waals surface area contributed by atoms with Crippen molar-refractivity contribution < 1.29 is 18.1 Å². The smallest absolute Gasteiger partial charge is 0.270 e. The molecule has 0 spiro atoms. The van der Waals surface area contributed by atoms with E-state index in [0.29, 0.717) is 0 Å². The molecule has 0 atom stereocenters. The standard InChI is InChI=1S/C11H13N3O5S/c15-11-4-6-13(7-5-12-11)20(18,19)10-3-1-2-9(8-10)14(16)17/h1-3,8H,4-7H2,(H,12,15). The van der Waals surface area contributed by atoms with E-state index in [0.717, 1.165) is 10.4 Å². The normalized spacial score (nSPS) is 17.3. The summed E-state index contributed by atoms with van der Waals surface area (Å²) in [6, 6.07) is 4.89. The molecule has 1 amide bonds. The number of benzene rings is 1. The van der Waals surface area contributed by atoms with Crippen LogP contribution in [0.2, 0.25) is 0 Å². The molecule has 1 aliphatic heterocycles. The van der Waals surface area contributed by atoms with Gasteiger partial charge in [-0.15, -0.1) is 0 Å². The first-order valence-corrected chi connectivity index (χ1v) is 7.36. The molecule has 108 valence electrons. The Kier molecular flexibility index (Phi) is 4.00. The molecule has 2 rings (SSSR count). The van der Waals surface area contributed by atoms with Gasteiger partial charge in [0, 0.05) is 38.2 Å². The molecule has 1 saturated heterocycles. The highest BCUT2D eigenvalue weighted by molar-refractivity contribution is 7.89. The zero-order chi connectivity index (χ0) is 14.8. The third kappa shape index (κ3) is 2.94. The van der Waals surface area contributed by atoms with Crippen LogP contribution in [0, 0.1) is 10.1 Å². The number of nitrogens with zero attached hydrogens (tertiary/aromatic N) is 2. The molecule has 0 aromatic heterocycles. The zero-order valence-corrected chi connectivity index (χ0v) is 11.3. The molecule has 9 heteroatoms. The number of non-ortho nitro benzene ring substituents is 1. The predicted molar refractivity (Wildman–Crippen MR) is 69.5 cm³/mol. The second-order valence-corrected chi connectivity index (χ2v) is 6.20. The van der Waals surface area contributed by atoms with Gasteiger partial charge in [0.05, 0.1) is 9.82 Å². The van der Waals surface area contributed by atoms with Crippen LogP contribution in [0.4, 0.5) is 5.69 Å². The van der Waals surface area contributed by atoms with Gasteiger partial charge in [0.15, 0.2) is 0 Å². The lowest BCUT2D eigenvalue weighted by Crippen LogP contribution is -2.34. The predicted octanol–water partition coefficient (Wildman–Crippen LogP) is 0.105. The third-order valence-electron chi connectivity index (χ3n) is 2.94. The molecule has 0 aliphatic carbocycles. The largest absolute Gasteiger partial charge is 0.355 e. The van der Waals surface area contributed by atoms with Gasteiger partial charge in [0.2, 0.25) is 15.9 Å². The van der Waals surface area contributed by atoms with E-state index in [2.05, 4.69) is 5.32 Å². The van der Waals surface area contributed by atoms with Crippen molar-refractivity contribution in [1.82, 2.24) is 9.62 Å². The topological polar surface area (TPSA) is 110 Å². The maximum Gasteiger partial charge on any atom is 0.270 e. The van der Waals surface area contributed by atoms with Gasteiger partial charge >= 0.3 is 0 Å². The summed E-state index contributed by atoms with van der Waals surface area (Å²) >= 11 is 0. The zero-order valence-electron chi connectivity index (χ0n) is 10.5. The van der Waals surface area contributed by atoms with Gasteiger partial charge in [0.25, 0.3) is 5.69 Å². The first-order valence-electron chi connectivity index (χ1n) is 5.92. The third-order valence-corrected chi connectivity index (χ3v) is 4.83. The molecule has 0 bridgehead atoms. The lowest BCUT2D eigenvalue weighted by atomic mass is 10.3. The minimum absolute atomic E-state index is 0.0663. The van der Waals surface area contributed by atoms with Gasteiger partial charge in [-0.05, 0) is 6.07 Å². The Labute approximate surface area is 115 Å². The molecule has 1 aliphatic rings. The van der Waals surface area contributed by atoms with Crippen LogP contribution >= 0.6 is 0 Å². The van der Waals surface area contributed by atoms with Crippen LogP contribution in [0.3, 0.4) is 0 Å². The molecule has 1 heterocycles. The van der Waals surface area contributed by atoms with E-state index in [9.17, 15) is 23.3 Å². The molecule has 0 saturated carbocycles. The van der Waals surface area contributed by atoms with Gasteiger partial charge in [0.1, 0.15) is 0 Å². The summed E-state index contributed by atoms with van der Waals surface area (Å²) in [5.41, 5.74) is -0.282. The Bertz CT molecular complexity index is 643. The van der Waals surface area contributed by atoms with E-state index in [1.54, 1.807) is 0 Å². The number of nitro benzene ring substituents is 1. The molecule has 1 N–H and O–H groups in total. The summed E-state index contributed by atoms with van der Waals surface area (Å²) in [6.07, 6.45) is 0.0775. The van der Waals surface area contributed by atoms with Crippen LogP contribution in [-0.2, 0) is 14.8 Å². The minimum atomic E-state index is -3.83. The second-order valence-electron chi connectivity index (χ2n) is 4.26. The summed E-state index contributed by atoms with van der Waals surface area (Å²) in [4.78, 5) is 21.1. The van der Waals surface area contributed by atoms with Crippen molar-refractivity contribution in [3.8, 4) is 0 Å². The highest BCUT2D eigenvalue weighted by Crippen LogP contribution is 2.21. The Morgan fingerprint density at radius 1 is 1.30 bits per heavy atom. The first kappa shape index (κ1) is 14.4. The van der Waals surface area contributed by atoms with Gasteiger partial charge in [-0.3, -0.25) is 14.9 Å². The van der Waals surface area contributed by atoms with Crippen LogP contribution in [0.5, 0.6) is 0 Å². The lowest BCUT2D eigenvalue weighted by molar-refractivity contribution is -0.385. The molecule has 20 heavy (non-hydrogen) atoms. The Morgan fingerprint density at radius 2 is 2.05 bits per heavy atom. The first-order chi connectivity index (χ1) is 9.41. The van der Waals surface area contributed by atoms with E-state index in [1.807, 2.05) is 0 Å². The number of hydrogen-bond donors (Lipinski definition) is 1. The van der Waals surface area contributed by atoms with Crippen molar-refractivity contribution in [2.45, 2.75) is 11.3 Å². The van der Waals surface area contributed by atoms with Crippen LogP contribution < -0.4 is 5.32 Å². The number of rotatable bonds is 3. The summed E-state index contributed by atoms with van der Waals surface area (Å²) in [7, 11) is -3.83. The second kappa shape index (κ2) is 5.55. The van der Waals surface area contributed by atoms with Gasteiger partial charge in [-0.1, -0.05) is 6.07 Å². The van der Waals surface area contributed by atoms with Gasteiger partial charge < -0.3 is 5.32 Å². The van der Waals surface area contributed by atoms with Crippen LogP contribution in [0.25, 0.3) is 0 Å². The SMILES string of the molecule is O=C1CCN(S(=O)(=O)c2cccc([N+](=O)[O-])c2)CCN1. The van der Waals surface area contributed by atoms with E-state index in [1.165, 1.54) is 18.2 Å². The van der Waals surface area contributed by atoms with Crippen LogP contribution in [0.1, 0.15) is 6.42 Å². The highest BCUT2D eigenvalue weighted by atomic mass is 32.2. The lowest BCUT2D eigenvalue weighted by Gasteiger charge is -2.18. The van der Waals surface area contributed by atoms with Crippen LogP contribution in [-0.4, -0.2) is 43.2 Å². The average Bonchev–Trinajstić information content (AvgIpc) is 2.64. The van der Waals surface area contributed by atoms with Crippen molar-refractivity contribution in [3.63, 3.8) is 0 Å². The van der Waals surface area contributed by atoms with E-state index in [4.69, 9.17) is 0 Å². The van der Waals surface area contributed by atoms with E-state index < -0.39 is 14.9 Å². The van der Waals surface area contributed by atoms with Crippen molar-refractivity contribution in [1.29, 1.82) is 0 Å². The van der Waals surface area contributed by atoms with Crippen molar-refractivity contribution in [3.05, 3.63) is 34.4 Å². The Balaban J connectivity index is 2.32. The fourth-order valence-corrected chi connectivity index (χ4v) is 3.38. The van der Waals surface area contributed by atoms with Gasteiger partial charge in [-0.2, -0.15) is 4.31 Å². The van der Waals surface area contributed by atoms with E-state index >= 15 is 0 Å². The number of carbonyl (C=O) groups is 1. The number of carbonyl (C=O) groups excluding carboxylic acids is 1. The van der Waals surface area contributed by atoms with Crippen molar-refractivity contribution in [2.75, 3.05) is 19.6 Å². The summed E-state index contributed by atoms with van der Waals surface area (Å²) in [6.45, 7) is 0.445. The highest BCUT2D eigenvalue weighted by Gasteiger charge is 2.27. The number of amides is 1. The number of hydrogen-bond acceptors (Lipinski definition) is 5. The maximum atomic E-state index is 12.4. The summed E-state index contributed by atoms with van der Waals surface area (Å²) < 4.78 is 25.9. The van der Waals surface area contributed by atoms with Crippen molar-refractivity contribution in [2.24, 2.45) is 0 Å². The fraction of sp³-hybridized carbons (Fsp3) is 0.364. The number of nitro groups is 1. The average molecular weight is 299 g/mol.